The largest absolute Gasteiger partial charge is 0.466 e. The molecule has 0 bridgehead atoms. The monoisotopic (exact) mass is 365 g/mol. The summed E-state index contributed by atoms with van der Waals surface area (Å²) in [6.45, 7) is 0. The molecule has 2 aromatic rings. The fourth-order valence-corrected chi connectivity index (χ4v) is 2.98. The molecule has 0 unspecified atom stereocenters. The lowest BCUT2D eigenvalue weighted by molar-refractivity contribution is -0.135. The van der Waals surface area contributed by atoms with Gasteiger partial charge in [-0.1, -0.05) is 48.5 Å². The minimum absolute atomic E-state index is 0.205. The van der Waals surface area contributed by atoms with Gasteiger partial charge in [0.25, 0.3) is 5.91 Å². The summed E-state index contributed by atoms with van der Waals surface area (Å²) in [6, 6.07) is 18.6. The van der Waals surface area contributed by atoms with Crippen LogP contribution in [0.5, 0.6) is 0 Å². The Balaban J connectivity index is 1.95. The maximum atomic E-state index is 12.6. The molecule has 6 nitrogen and oxygen atoms in total. The standard InChI is InChI=1S/C19H15N3O3S/c1-25-17(23)12-16-18(24)22(20-13-14-8-4-2-5-9-14)19(26-16)21-15-10-6-3-7-11-15/h2-13H,1H3/b16-12+,20-13+,21-19?. The number of hydrazone groups is 1. The molecule has 26 heavy (non-hydrogen) atoms. The van der Waals surface area contributed by atoms with Gasteiger partial charge in [0, 0.05) is 6.08 Å². The number of amidine groups is 1. The normalized spacial score (nSPS) is 17.4. The molecule has 1 fully saturated rings. The molecule has 0 saturated carbocycles. The van der Waals surface area contributed by atoms with Gasteiger partial charge in [-0.15, -0.1) is 0 Å². The number of hydrogen-bond acceptors (Lipinski definition) is 6. The van der Waals surface area contributed by atoms with Crippen LogP contribution in [0.3, 0.4) is 0 Å². The Hall–Kier alpha value is -3.19. The number of hydrogen-bond donors (Lipinski definition) is 0. The number of amides is 1. The molecule has 7 heteroatoms. The van der Waals surface area contributed by atoms with E-state index in [4.69, 9.17) is 0 Å². The van der Waals surface area contributed by atoms with Crippen LogP contribution in [-0.4, -0.2) is 35.4 Å². The maximum absolute atomic E-state index is 12.6. The molecule has 0 spiro atoms. The first-order valence-electron chi connectivity index (χ1n) is 7.72. The van der Waals surface area contributed by atoms with E-state index in [2.05, 4.69) is 14.8 Å². The first-order valence-corrected chi connectivity index (χ1v) is 8.54. The summed E-state index contributed by atoms with van der Waals surface area (Å²) >= 11 is 1.07. The lowest BCUT2D eigenvalue weighted by Crippen LogP contribution is -2.23. The molecule has 1 aliphatic rings. The van der Waals surface area contributed by atoms with Crippen LogP contribution in [0.1, 0.15) is 5.56 Å². The van der Waals surface area contributed by atoms with Crippen molar-refractivity contribution in [2.24, 2.45) is 10.1 Å². The quantitative estimate of drug-likeness (QED) is 0.473. The second-order valence-electron chi connectivity index (χ2n) is 5.14. The van der Waals surface area contributed by atoms with E-state index in [1.807, 2.05) is 60.7 Å². The number of carbonyl (C=O) groups excluding carboxylic acids is 2. The number of benzene rings is 2. The second kappa shape index (κ2) is 8.26. The molecule has 0 aromatic heterocycles. The number of aliphatic imine (C=N–C) groups is 1. The van der Waals surface area contributed by atoms with Gasteiger partial charge >= 0.3 is 5.97 Å². The number of rotatable bonds is 4. The van der Waals surface area contributed by atoms with Gasteiger partial charge in [0.05, 0.1) is 23.9 Å². The van der Waals surface area contributed by atoms with Gasteiger partial charge in [0.15, 0.2) is 5.17 Å². The zero-order chi connectivity index (χ0) is 18.4. The lowest BCUT2D eigenvalue weighted by atomic mass is 10.2. The lowest BCUT2D eigenvalue weighted by Gasteiger charge is -2.08. The van der Waals surface area contributed by atoms with Crippen molar-refractivity contribution in [3.05, 3.63) is 77.2 Å². The number of para-hydroxylation sites is 1. The highest BCUT2D eigenvalue weighted by atomic mass is 32.2. The number of methoxy groups -OCH3 is 1. The number of ether oxygens (including phenoxy) is 1. The summed E-state index contributed by atoms with van der Waals surface area (Å²) in [5, 5.41) is 5.79. The summed E-state index contributed by atoms with van der Waals surface area (Å²) < 4.78 is 4.60. The third kappa shape index (κ3) is 4.25. The van der Waals surface area contributed by atoms with Crippen molar-refractivity contribution in [1.29, 1.82) is 0 Å². The van der Waals surface area contributed by atoms with E-state index >= 15 is 0 Å². The van der Waals surface area contributed by atoms with Crippen LogP contribution in [0.4, 0.5) is 5.69 Å². The van der Waals surface area contributed by atoms with E-state index in [-0.39, 0.29) is 4.91 Å². The van der Waals surface area contributed by atoms with Gasteiger partial charge in [-0.25, -0.2) is 9.79 Å². The van der Waals surface area contributed by atoms with Gasteiger partial charge in [-0.3, -0.25) is 4.79 Å². The third-order valence-corrected chi connectivity index (χ3v) is 4.30. The molecule has 1 heterocycles. The van der Waals surface area contributed by atoms with Gasteiger partial charge < -0.3 is 4.74 Å². The van der Waals surface area contributed by atoms with Gasteiger partial charge in [0.2, 0.25) is 0 Å². The van der Waals surface area contributed by atoms with Crippen molar-refractivity contribution >= 4 is 40.7 Å². The van der Waals surface area contributed by atoms with E-state index in [0.717, 1.165) is 23.4 Å². The van der Waals surface area contributed by atoms with Crippen molar-refractivity contribution < 1.29 is 14.3 Å². The number of esters is 1. The Morgan fingerprint density at radius 1 is 1.08 bits per heavy atom. The van der Waals surface area contributed by atoms with Crippen molar-refractivity contribution in [3.63, 3.8) is 0 Å². The van der Waals surface area contributed by atoms with Crippen molar-refractivity contribution in [2.45, 2.75) is 0 Å². The Labute approximate surface area is 154 Å². The fraction of sp³-hybridized carbons (Fsp3) is 0.0526. The molecular weight excluding hydrogens is 350 g/mol. The van der Waals surface area contributed by atoms with E-state index in [1.54, 1.807) is 6.21 Å². The molecule has 0 atom stereocenters. The van der Waals surface area contributed by atoms with Crippen LogP contribution in [0.2, 0.25) is 0 Å². The first-order chi connectivity index (χ1) is 12.7. The topological polar surface area (TPSA) is 71.3 Å². The summed E-state index contributed by atoms with van der Waals surface area (Å²) in [5.41, 5.74) is 1.52. The molecule has 0 aliphatic carbocycles. The van der Waals surface area contributed by atoms with Gasteiger partial charge in [-0.2, -0.15) is 10.1 Å². The SMILES string of the molecule is COC(=O)/C=C1/SC(=Nc2ccccc2)N(/N=C/c2ccccc2)C1=O. The third-order valence-electron chi connectivity index (χ3n) is 3.34. The molecule has 3 rings (SSSR count). The molecule has 2 aromatic carbocycles. The predicted octanol–water partition coefficient (Wildman–Crippen LogP) is 3.34. The highest BCUT2D eigenvalue weighted by molar-refractivity contribution is 8.18. The maximum Gasteiger partial charge on any atom is 0.331 e. The average Bonchev–Trinajstić information content (AvgIpc) is 2.96. The Morgan fingerprint density at radius 2 is 1.73 bits per heavy atom. The molecular formula is C19H15N3O3S. The molecule has 1 amide bonds. The van der Waals surface area contributed by atoms with Crippen LogP contribution in [0.15, 0.2) is 81.7 Å². The summed E-state index contributed by atoms with van der Waals surface area (Å²) in [5.74, 6) is -1.03. The second-order valence-corrected chi connectivity index (χ2v) is 6.15. The van der Waals surface area contributed by atoms with E-state index < -0.39 is 11.9 Å². The summed E-state index contributed by atoms with van der Waals surface area (Å²) in [6.07, 6.45) is 2.71. The zero-order valence-corrected chi connectivity index (χ0v) is 14.7. The molecule has 1 saturated heterocycles. The summed E-state index contributed by atoms with van der Waals surface area (Å²) in [4.78, 5) is 28.8. The summed E-state index contributed by atoms with van der Waals surface area (Å²) in [7, 11) is 1.26. The van der Waals surface area contributed by atoms with E-state index in [1.165, 1.54) is 12.1 Å². The minimum atomic E-state index is -0.603. The van der Waals surface area contributed by atoms with Crippen molar-refractivity contribution in [1.82, 2.24) is 5.01 Å². The van der Waals surface area contributed by atoms with E-state index in [9.17, 15) is 9.59 Å². The van der Waals surface area contributed by atoms with Crippen LogP contribution >= 0.6 is 11.8 Å². The van der Waals surface area contributed by atoms with Crippen molar-refractivity contribution in [3.8, 4) is 0 Å². The molecule has 130 valence electrons. The smallest absolute Gasteiger partial charge is 0.331 e. The number of carbonyl (C=O) groups is 2. The van der Waals surface area contributed by atoms with Gasteiger partial charge in [-0.05, 0) is 29.5 Å². The molecule has 0 radical (unpaired) electrons. The van der Waals surface area contributed by atoms with Crippen LogP contribution in [-0.2, 0) is 14.3 Å². The van der Waals surface area contributed by atoms with Gasteiger partial charge in [0.1, 0.15) is 0 Å². The average molecular weight is 365 g/mol. The Bertz CT molecular complexity index is 893. The highest BCUT2D eigenvalue weighted by Gasteiger charge is 2.34. The van der Waals surface area contributed by atoms with E-state index in [0.29, 0.717) is 10.9 Å². The zero-order valence-electron chi connectivity index (χ0n) is 13.9. The van der Waals surface area contributed by atoms with Crippen LogP contribution < -0.4 is 0 Å². The minimum Gasteiger partial charge on any atom is -0.466 e. The fourth-order valence-electron chi connectivity index (χ4n) is 2.08. The molecule has 0 N–H and O–H groups in total. The van der Waals surface area contributed by atoms with Crippen LogP contribution in [0.25, 0.3) is 0 Å². The molecule has 1 aliphatic heterocycles. The number of thioether (sulfide) groups is 1. The number of nitrogens with zero attached hydrogens (tertiary/aromatic N) is 3. The van der Waals surface area contributed by atoms with Crippen LogP contribution in [0, 0.1) is 0 Å². The predicted molar refractivity (Wildman–Crippen MR) is 102 cm³/mol. The highest BCUT2D eigenvalue weighted by Crippen LogP contribution is 2.33. The first kappa shape index (κ1) is 17.6. The van der Waals surface area contributed by atoms with Crippen molar-refractivity contribution in [2.75, 3.05) is 7.11 Å². The Kier molecular flexibility index (Phi) is 5.60. The Morgan fingerprint density at radius 3 is 2.38 bits per heavy atom.